The molecular weight excluding hydrogens is 324 g/mol. The summed E-state index contributed by atoms with van der Waals surface area (Å²) in [5, 5.41) is 3.31. The SMILES string of the molecule is Cc1nccn1-c1ccccc1CNc1nccc(-c2ccccn2)n1. The van der Waals surface area contributed by atoms with E-state index in [0.717, 1.165) is 28.5 Å². The molecule has 3 aromatic heterocycles. The topological polar surface area (TPSA) is 68.5 Å². The van der Waals surface area contributed by atoms with Crippen LogP contribution < -0.4 is 5.32 Å². The van der Waals surface area contributed by atoms with Gasteiger partial charge < -0.3 is 9.88 Å². The highest BCUT2D eigenvalue weighted by Crippen LogP contribution is 2.18. The molecule has 128 valence electrons. The first-order valence-electron chi connectivity index (χ1n) is 8.38. The molecule has 0 radical (unpaired) electrons. The molecule has 0 amide bonds. The first-order chi connectivity index (χ1) is 12.8. The fourth-order valence-electron chi connectivity index (χ4n) is 2.80. The number of pyridine rings is 1. The number of aromatic nitrogens is 5. The van der Waals surface area contributed by atoms with Crippen LogP contribution in [-0.2, 0) is 6.54 Å². The summed E-state index contributed by atoms with van der Waals surface area (Å²) < 4.78 is 2.07. The van der Waals surface area contributed by atoms with Crippen molar-refractivity contribution in [2.24, 2.45) is 0 Å². The molecule has 1 aromatic carbocycles. The van der Waals surface area contributed by atoms with Gasteiger partial charge in [-0.2, -0.15) is 0 Å². The van der Waals surface area contributed by atoms with Crippen molar-refractivity contribution >= 4 is 5.95 Å². The van der Waals surface area contributed by atoms with Crippen LogP contribution in [0.25, 0.3) is 17.1 Å². The summed E-state index contributed by atoms with van der Waals surface area (Å²) in [7, 11) is 0. The molecule has 1 N–H and O–H groups in total. The second kappa shape index (κ2) is 7.14. The number of benzene rings is 1. The molecular formula is C20H18N6. The second-order valence-electron chi connectivity index (χ2n) is 5.81. The van der Waals surface area contributed by atoms with Gasteiger partial charge in [0.25, 0.3) is 0 Å². The smallest absolute Gasteiger partial charge is 0.223 e. The number of aryl methyl sites for hydroxylation is 1. The van der Waals surface area contributed by atoms with Gasteiger partial charge in [0.15, 0.2) is 0 Å². The maximum atomic E-state index is 4.56. The van der Waals surface area contributed by atoms with E-state index in [4.69, 9.17) is 0 Å². The van der Waals surface area contributed by atoms with Gasteiger partial charge in [-0.05, 0) is 36.8 Å². The van der Waals surface area contributed by atoms with E-state index in [-0.39, 0.29) is 0 Å². The Hall–Kier alpha value is -3.54. The molecule has 0 fully saturated rings. The van der Waals surface area contributed by atoms with Gasteiger partial charge in [-0.1, -0.05) is 24.3 Å². The summed E-state index contributed by atoms with van der Waals surface area (Å²) in [5.41, 5.74) is 3.85. The maximum Gasteiger partial charge on any atom is 0.223 e. The molecule has 0 saturated heterocycles. The number of hydrogen-bond acceptors (Lipinski definition) is 5. The average molecular weight is 342 g/mol. The number of anilines is 1. The molecule has 0 spiro atoms. The molecule has 0 unspecified atom stereocenters. The first-order valence-corrected chi connectivity index (χ1v) is 8.38. The minimum Gasteiger partial charge on any atom is -0.350 e. The lowest BCUT2D eigenvalue weighted by Gasteiger charge is -2.13. The van der Waals surface area contributed by atoms with Crippen molar-refractivity contribution in [2.45, 2.75) is 13.5 Å². The zero-order valence-corrected chi connectivity index (χ0v) is 14.4. The van der Waals surface area contributed by atoms with Crippen LogP contribution >= 0.6 is 0 Å². The zero-order chi connectivity index (χ0) is 17.8. The van der Waals surface area contributed by atoms with Crippen molar-refractivity contribution in [2.75, 3.05) is 5.32 Å². The predicted molar refractivity (Wildman–Crippen MR) is 101 cm³/mol. The molecule has 6 nitrogen and oxygen atoms in total. The number of para-hydroxylation sites is 1. The first kappa shape index (κ1) is 16.0. The fourth-order valence-corrected chi connectivity index (χ4v) is 2.80. The van der Waals surface area contributed by atoms with Crippen molar-refractivity contribution in [3.8, 4) is 17.1 Å². The molecule has 26 heavy (non-hydrogen) atoms. The predicted octanol–water partition coefficient (Wildman–Crippen LogP) is 3.64. The Morgan fingerprint density at radius 2 is 1.73 bits per heavy atom. The van der Waals surface area contributed by atoms with Gasteiger partial charge in [-0.3, -0.25) is 4.98 Å². The van der Waals surface area contributed by atoms with Crippen LogP contribution in [-0.4, -0.2) is 24.5 Å². The molecule has 6 heteroatoms. The number of rotatable bonds is 5. The molecule has 0 aliphatic heterocycles. The van der Waals surface area contributed by atoms with Crippen LogP contribution in [0, 0.1) is 6.92 Å². The van der Waals surface area contributed by atoms with Crippen molar-refractivity contribution in [1.82, 2.24) is 24.5 Å². The van der Waals surface area contributed by atoms with Gasteiger partial charge in [0.2, 0.25) is 5.95 Å². The monoisotopic (exact) mass is 342 g/mol. The fraction of sp³-hybridized carbons (Fsp3) is 0.100. The minimum atomic E-state index is 0.574. The molecule has 0 atom stereocenters. The van der Waals surface area contributed by atoms with Crippen LogP contribution in [0.3, 0.4) is 0 Å². The van der Waals surface area contributed by atoms with E-state index >= 15 is 0 Å². The van der Waals surface area contributed by atoms with Crippen molar-refractivity contribution < 1.29 is 0 Å². The highest BCUT2D eigenvalue weighted by Gasteiger charge is 2.08. The molecule has 3 heterocycles. The number of hydrogen-bond donors (Lipinski definition) is 1. The van der Waals surface area contributed by atoms with E-state index in [2.05, 4.69) is 42.0 Å². The maximum absolute atomic E-state index is 4.56. The Balaban J connectivity index is 1.57. The van der Waals surface area contributed by atoms with E-state index in [1.807, 2.05) is 49.5 Å². The summed E-state index contributed by atoms with van der Waals surface area (Å²) in [6.45, 7) is 2.60. The van der Waals surface area contributed by atoms with Crippen LogP contribution in [0.1, 0.15) is 11.4 Å². The third-order valence-corrected chi connectivity index (χ3v) is 4.10. The normalized spacial score (nSPS) is 10.7. The van der Waals surface area contributed by atoms with E-state index in [0.29, 0.717) is 12.5 Å². The van der Waals surface area contributed by atoms with Gasteiger partial charge >= 0.3 is 0 Å². The van der Waals surface area contributed by atoms with Crippen LogP contribution in [0.15, 0.2) is 73.3 Å². The van der Waals surface area contributed by atoms with E-state index < -0.39 is 0 Å². The van der Waals surface area contributed by atoms with Crippen LogP contribution in [0.4, 0.5) is 5.95 Å². The number of nitrogens with zero attached hydrogens (tertiary/aromatic N) is 5. The summed E-state index contributed by atoms with van der Waals surface area (Å²) in [6, 6.07) is 15.8. The third kappa shape index (κ3) is 3.30. The Bertz CT molecular complexity index is 1010. The van der Waals surface area contributed by atoms with Crippen LogP contribution in [0.2, 0.25) is 0 Å². The molecule has 0 saturated carbocycles. The molecule has 0 aliphatic carbocycles. The lowest BCUT2D eigenvalue weighted by atomic mass is 10.1. The highest BCUT2D eigenvalue weighted by atomic mass is 15.1. The summed E-state index contributed by atoms with van der Waals surface area (Å²) in [4.78, 5) is 17.5. The Labute approximate surface area is 151 Å². The second-order valence-corrected chi connectivity index (χ2v) is 5.81. The third-order valence-electron chi connectivity index (χ3n) is 4.10. The molecule has 4 rings (SSSR count). The van der Waals surface area contributed by atoms with Gasteiger partial charge in [-0.25, -0.2) is 15.0 Å². The van der Waals surface area contributed by atoms with E-state index in [1.54, 1.807) is 18.6 Å². The van der Waals surface area contributed by atoms with Crippen LogP contribution in [0.5, 0.6) is 0 Å². The highest BCUT2D eigenvalue weighted by molar-refractivity contribution is 5.55. The van der Waals surface area contributed by atoms with Crippen molar-refractivity contribution in [3.05, 3.63) is 84.7 Å². The van der Waals surface area contributed by atoms with Gasteiger partial charge in [0, 0.05) is 31.3 Å². The summed E-state index contributed by atoms with van der Waals surface area (Å²) >= 11 is 0. The number of imidazole rings is 1. The Morgan fingerprint density at radius 1 is 0.846 bits per heavy atom. The zero-order valence-electron chi connectivity index (χ0n) is 14.4. The Morgan fingerprint density at radius 3 is 2.54 bits per heavy atom. The van der Waals surface area contributed by atoms with E-state index in [9.17, 15) is 0 Å². The van der Waals surface area contributed by atoms with Gasteiger partial charge in [-0.15, -0.1) is 0 Å². The average Bonchev–Trinajstić information content (AvgIpc) is 3.13. The van der Waals surface area contributed by atoms with E-state index in [1.165, 1.54) is 0 Å². The lowest BCUT2D eigenvalue weighted by Crippen LogP contribution is -2.08. The van der Waals surface area contributed by atoms with Crippen molar-refractivity contribution in [3.63, 3.8) is 0 Å². The molecule has 4 aromatic rings. The standard InChI is InChI=1S/C20H18N6/c1-15-21-12-13-26(15)19-8-3-2-6-16(19)14-24-20-23-11-9-18(25-20)17-7-4-5-10-22-17/h2-13H,14H2,1H3,(H,23,24,25). The van der Waals surface area contributed by atoms with Crippen molar-refractivity contribution in [1.29, 1.82) is 0 Å². The van der Waals surface area contributed by atoms with Gasteiger partial charge in [0.1, 0.15) is 5.82 Å². The quantitative estimate of drug-likeness (QED) is 0.600. The largest absolute Gasteiger partial charge is 0.350 e. The minimum absolute atomic E-state index is 0.574. The lowest BCUT2D eigenvalue weighted by molar-refractivity contribution is 0.943. The van der Waals surface area contributed by atoms with Gasteiger partial charge in [0.05, 0.1) is 17.1 Å². The summed E-state index contributed by atoms with van der Waals surface area (Å²) in [6.07, 6.45) is 7.27. The number of nitrogens with one attached hydrogen (secondary N) is 1. The molecule has 0 aliphatic rings. The molecule has 0 bridgehead atoms. The Kier molecular flexibility index (Phi) is 4.38. The summed E-state index contributed by atoms with van der Waals surface area (Å²) in [5.74, 6) is 1.52.